The molecule has 4 nitrogen and oxygen atoms in total. The van der Waals surface area contributed by atoms with Gasteiger partial charge in [-0.3, -0.25) is 4.68 Å². The molecular formula is C9H9F5N2O2. The van der Waals surface area contributed by atoms with Gasteiger partial charge in [0.1, 0.15) is 5.69 Å². The minimum absolute atomic E-state index is 0.0605. The second kappa shape index (κ2) is 4.46. The van der Waals surface area contributed by atoms with Crippen LogP contribution in [0.25, 0.3) is 0 Å². The van der Waals surface area contributed by atoms with Crippen LogP contribution in [0.2, 0.25) is 0 Å². The van der Waals surface area contributed by atoms with E-state index in [1.807, 2.05) is 0 Å². The zero-order valence-corrected chi connectivity index (χ0v) is 9.09. The highest BCUT2D eigenvalue weighted by atomic mass is 19.4. The standard InChI is InChI=1S/C9H9F5N2O2/c1-2-18-7(17)6-3-5(4-16(6)15)8(10,11)9(12,13)14/h3-4H,2,15H2,1H3. The van der Waals surface area contributed by atoms with Crippen LogP contribution in [0, 0.1) is 0 Å². The lowest BCUT2D eigenvalue weighted by molar-refractivity contribution is -0.289. The van der Waals surface area contributed by atoms with Gasteiger partial charge in [0.15, 0.2) is 0 Å². The second-order valence-corrected chi connectivity index (χ2v) is 3.31. The summed E-state index contributed by atoms with van der Waals surface area (Å²) in [5.41, 5.74) is -2.00. The van der Waals surface area contributed by atoms with E-state index in [-0.39, 0.29) is 6.61 Å². The van der Waals surface area contributed by atoms with Gasteiger partial charge < -0.3 is 10.6 Å². The Morgan fingerprint density at radius 2 is 1.94 bits per heavy atom. The Morgan fingerprint density at radius 1 is 1.39 bits per heavy atom. The van der Waals surface area contributed by atoms with E-state index in [1.165, 1.54) is 6.92 Å². The predicted octanol–water partition coefficient (Wildman–Crippen LogP) is 2.03. The molecule has 0 aliphatic heterocycles. The summed E-state index contributed by atoms with van der Waals surface area (Å²) in [6, 6.07) is 0.353. The SMILES string of the molecule is CCOC(=O)c1cc(C(F)(F)C(F)(F)F)cn1N. The van der Waals surface area contributed by atoms with Crippen LogP contribution in [0.4, 0.5) is 22.0 Å². The average molecular weight is 272 g/mol. The second-order valence-electron chi connectivity index (χ2n) is 3.31. The van der Waals surface area contributed by atoms with Gasteiger partial charge in [-0.1, -0.05) is 0 Å². The maximum atomic E-state index is 13.0. The number of alkyl halides is 5. The quantitative estimate of drug-likeness (QED) is 0.520. The summed E-state index contributed by atoms with van der Waals surface area (Å²) < 4.78 is 67.0. The van der Waals surface area contributed by atoms with Crippen LogP contribution in [0.15, 0.2) is 12.3 Å². The Labute approximate surface area is 98.1 Å². The van der Waals surface area contributed by atoms with Crippen molar-refractivity contribution in [2.24, 2.45) is 0 Å². The molecule has 0 atom stereocenters. The summed E-state index contributed by atoms with van der Waals surface area (Å²) in [6.07, 6.45) is -5.43. The molecule has 1 rings (SSSR count). The molecule has 0 unspecified atom stereocenters. The Kier molecular flexibility index (Phi) is 3.54. The topological polar surface area (TPSA) is 57.2 Å². The molecule has 102 valence electrons. The number of hydrogen-bond donors (Lipinski definition) is 1. The van der Waals surface area contributed by atoms with E-state index >= 15 is 0 Å². The van der Waals surface area contributed by atoms with Crippen LogP contribution in [-0.2, 0) is 10.7 Å². The van der Waals surface area contributed by atoms with Gasteiger partial charge in [-0.05, 0) is 13.0 Å². The Hall–Kier alpha value is -1.80. The van der Waals surface area contributed by atoms with Crippen molar-refractivity contribution in [1.29, 1.82) is 0 Å². The number of ether oxygens (including phenoxy) is 1. The van der Waals surface area contributed by atoms with Gasteiger partial charge in [0, 0.05) is 6.20 Å². The molecule has 0 aliphatic rings. The smallest absolute Gasteiger partial charge is 0.458 e. The monoisotopic (exact) mass is 272 g/mol. The lowest BCUT2D eigenvalue weighted by atomic mass is 10.1. The first-order valence-corrected chi connectivity index (χ1v) is 4.70. The maximum absolute atomic E-state index is 13.0. The molecule has 1 aromatic heterocycles. The molecule has 1 heterocycles. The largest absolute Gasteiger partial charge is 0.461 e. The molecule has 0 bridgehead atoms. The highest BCUT2D eigenvalue weighted by Crippen LogP contribution is 2.44. The molecule has 1 aromatic rings. The summed E-state index contributed by atoms with van der Waals surface area (Å²) in [4.78, 5) is 11.2. The van der Waals surface area contributed by atoms with Crippen LogP contribution >= 0.6 is 0 Å². The van der Waals surface area contributed by atoms with Gasteiger partial charge in [-0.15, -0.1) is 0 Å². The molecule has 0 radical (unpaired) electrons. The number of aromatic nitrogens is 1. The number of rotatable bonds is 3. The first-order chi connectivity index (χ1) is 8.11. The van der Waals surface area contributed by atoms with Gasteiger partial charge in [-0.25, -0.2) is 4.79 Å². The zero-order valence-electron chi connectivity index (χ0n) is 9.09. The first-order valence-electron chi connectivity index (χ1n) is 4.70. The lowest BCUT2D eigenvalue weighted by Crippen LogP contribution is -2.33. The molecule has 0 fully saturated rings. The third kappa shape index (κ3) is 2.39. The number of carbonyl (C=O) groups excluding carboxylic acids is 1. The third-order valence-corrected chi connectivity index (χ3v) is 2.05. The number of nitrogen functional groups attached to an aromatic ring is 1. The van der Waals surface area contributed by atoms with Gasteiger partial charge in [0.25, 0.3) is 0 Å². The summed E-state index contributed by atoms with van der Waals surface area (Å²) in [7, 11) is 0. The van der Waals surface area contributed by atoms with Crippen LogP contribution < -0.4 is 5.84 Å². The molecule has 0 saturated carbocycles. The first kappa shape index (κ1) is 14.3. The molecule has 2 N–H and O–H groups in total. The average Bonchev–Trinajstić information content (AvgIpc) is 2.59. The van der Waals surface area contributed by atoms with Crippen LogP contribution in [0.5, 0.6) is 0 Å². The van der Waals surface area contributed by atoms with Crippen LogP contribution in [-0.4, -0.2) is 23.4 Å². The minimum Gasteiger partial charge on any atom is -0.461 e. The lowest BCUT2D eigenvalue weighted by Gasteiger charge is -2.17. The number of hydrogen-bond acceptors (Lipinski definition) is 3. The van der Waals surface area contributed by atoms with E-state index in [4.69, 9.17) is 5.84 Å². The summed E-state index contributed by atoms with van der Waals surface area (Å²) in [6.45, 7) is 1.39. The van der Waals surface area contributed by atoms with Gasteiger partial charge in [0.05, 0.1) is 12.2 Å². The van der Waals surface area contributed by atoms with Crippen LogP contribution in [0.3, 0.4) is 0 Å². The molecule has 0 aliphatic carbocycles. The van der Waals surface area contributed by atoms with Crippen molar-refractivity contribution in [3.8, 4) is 0 Å². The highest BCUT2D eigenvalue weighted by molar-refractivity contribution is 5.88. The molecule has 0 spiro atoms. The number of esters is 1. The van der Waals surface area contributed by atoms with Crippen molar-refractivity contribution >= 4 is 5.97 Å². The summed E-state index contributed by atoms with van der Waals surface area (Å²) in [5, 5.41) is 0. The summed E-state index contributed by atoms with van der Waals surface area (Å²) in [5.74, 6) is -1.04. The van der Waals surface area contributed by atoms with Gasteiger partial charge in [0.2, 0.25) is 0 Å². The van der Waals surface area contributed by atoms with E-state index in [0.29, 0.717) is 16.9 Å². The molecule has 18 heavy (non-hydrogen) atoms. The molecule has 0 aromatic carbocycles. The number of carbonyl (C=O) groups is 1. The highest BCUT2D eigenvalue weighted by Gasteiger charge is 2.59. The molecule has 0 saturated heterocycles. The molecule has 0 amide bonds. The fraction of sp³-hybridized carbons (Fsp3) is 0.444. The Bertz CT molecular complexity index is 452. The number of nitrogens with two attached hydrogens (primary N) is 1. The van der Waals surface area contributed by atoms with Crippen molar-refractivity contribution in [3.05, 3.63) is 23.5 Å². The van der Waals surface area contributed by atoms with E-state index in [1.54, 1.807) is 0 Å². The van der Waals surface area contributed by atoms with E-state index in [0.717, 1.165) is 0 Å². The number of nitrogens with zero attached hydrogens (tertiary/aromatic N) is 1. The van der Waals surface area contributed by atoms with Crippen molar-refractivity contribution < 1.29 is 31.5 Å². The van der Waals surface area contributed by atoms with Crippen molar-refractivity contribution in [3.63, 3.8) is 0 Å². The third-order valence-electron chi connectivity index (χ3n) is 2.05. The van der Waals surface area contributed by atoms with Crippen molar-refractivity contribution in [2.75, 3.05) is 12.4 Å². The van der Waals surface area contributed by atoms with Crippen molar-refractivity contribution in [1.82, 2.24) is 4.68 Å². The maximum Gasteiger partial charge on any atom is 0.458 e. The molecular weight excluding hydrogens is 263 g/mol. The Morgan fingerprint density at radius 3 is 2.39 bits per heavy atom. The van der Waals surface area contributed by atoms with Gasteiger partial charge in [-0.2, -0.15) is 22.0 Å². The fourth-order valence-corrected chi connectivity index (χ4v) is 1.18. The minimum atomic E-state index is -5.76. The van der Waals surface area contributed by atoms with Gasteiger partial charge >= 0.3 is 18.1 Å². The Balaban J connectivity index is 3.16. The molecule has 9 heteroatoms. The van der Waals surface area contributed by atoms with E-state index < -0.39 is 29.3 Å². The van der Waals surface area contributed by atoms with Crippen LogP contribution in [0.1, 0.15) is 23.0 Å². The number of halogens is 5. The zero-order chi connectivity index (χ0) is 14.1. The fourth-order valence-electron chi connectivity index (χ4n) is 1.18. The van der Waals surface area contributed by atoms with E-state index in [9.17, 15) is 26.7 Å². The normalized spacial score (nSPS) is 12.6. The predicted molar refractivity (Wildman–Crippen MR) is 50.5 cm³/mol. The summed E-state index contributed by atoms with van der Waals surface area (Å²) >= 11 is 0. The van der Waals surface area contributed by atoms with Crippen molar-refractivity contribution in [2.45, 2.75) is 19.0 Å². The van der Waals surface area contributed by atoms with E-state index in [2.05, 4.69) is 4.74 Å².